The molecule has 0 amide bonds. The van der Waals surface area contributed by atoms with Crippen LogP contribution in [0, 0.1) is 12.8 Å². The number of pyridine rings is 1. The zero-order chi connectivity index (χ0) is 11.5. The van der Waals surface area contributed by atoms with Crippen molar-refractivity contribution in [2.24, 2.45) is 11.7 Å². The van der Waals surface area contributed by atoms with E-state index in [0.717, 1.165) is 35.4 Å². The van der Waals surface area contributed by atoms with Gasteiger partial charge in [0.15, 0.2) is 5.65 Å². The van der Waals surface area contributed by atoms with Gasteiger partial charge in [-0.05, 0) is 31.0 Å². The first-order chi connectivity index (χ1) is 7.72. The fourth-order valence-corrected chi connectivity index (χ4v) is 1.82. The average Bonchev–Trinajstić information content (AvgIpc) is 2.67. The molecule has 0 saturated carbocycles. The molecule has 86 valence electrons. The van der Waals surface area contributed by atoms with Gasteiger partial charge in [0.25, 0.3) is 0 Å². The van der Waals surface area contributed by atoms with E-state index in [4.69, 9.17) is 5.73 Å². The normalized spacial score (nSPS) is 13.2. The fourth-order valence-electron chi connectivity index (χ4n) is 1.82. The van der Waals surface area contributed by atoms with Crippen LogP contribution >= 0.6 is 0 Å². The van der Waals surface area contributed by atoms with Crippen molar-refractivity contribution in [2.45, 2.75) is 26.7 Å². The summed E-state index contributed by atoms with van der Waals surface area (Å²) in [4.78, 5) is 12.1. The third kappa shape index (κ3) is 2.22. The van der Waals surface area contributed by atoms with Gasteiger partial charge in [-0.2, -0.15) is 0 Å². The van der Waals surface area contributed by atoms with Gasteiger partial charge in [-0.3, -0.25) is 0 Å². The minimum atomic E-state index is 0.502. The van der Waals surface area contributed by atoms with Gasteiger partial charge >= 0.3 is 0 Å². The summed E-state index contributed by atoms with van der Waals surface area (Å²) in [7, 11) is 0. The predicted molar refractivity (Wildman–Crippen MR) is 65.2 cm³/mol. The van der Waals surface area contributed by atoms with E-state index >= 15 is 0 Å². The molecule has 0 spiro atoms. The van der Waals surface area contributed by atoms with E-state index in [9.17, 15) is 0 Å². The molecular formula is C12H18N4. The second-order valence-corrected chi connectivity index (χ2v) is 4.28. The summed E-state index contributed by atoms with van der Waals surface area (Å²) >= 11 is 0. The Morgan fingerprint density at radius 2 is 2.31 bits per heavy atom. The lowest BCUT2D eigenvalue weighted by Gasteiger charge is -2.08. The number of nitrogens with two attached hydrogens (primary N) is 1. The Morgan fingerprint density at radius 3 is 3.00 bits per heavy atom. The molecule has 4 nitrogen and oxygen atoms in total. The molecule has 0 fully saturated rings. The van der Waals surface area contributed by atoms with Gasteiger partial charge in [-0.1, -0.05) is 13.3 Å². The van der Waals surface area contributed by atoms with Crippen molar-refractivity contribution < 1.29 is 0 Å². The molecule has 0 aliphatic rings. The van der Waals surface area contributed by atoms with E-state index in [2.05, 4.69) is 27.9 Å². The topological polar surface area (TPSA) is 67.6 Å². The Bertz CT molecular complexity index is 471. The van der Waals surface area contributed by atoms with Gasteiger partial charge in [0, 0.05) is 12.6 Å². The molecule has 0 aromatic carbocycles. The molecule has 1 atom stereocenters. The van der Waals surface area contributed by atoms with Gasteiger partial charge in [-0.15, -0.1) is 0 Å². The molecular weight excluding hydrogens is 200 g/mol. The second kappa shape index (κ2) is 4.61. The smallest absolute Gasteiger partial charge is 0.177 e. The number of hydrogen-bond acceptors (Lipinski definition) is 3. The fraction of sp³-hybridized carbons (Fsp3) is 0.500. The molecule has 0 aliphatic carbocycles. The van der Waals surface area contributed by atoms with Crippen LogP contribution in [0.4, 0.5) is 0 Å². The van der Waals surface area contributed by atoms with Crippen molar-refractivity contribution in [1.29, 1.82) is 0 Å². The molecule has 1 unspecified atom stereocenters. The Kier molecular flexibility index (Phi) is 3.19. The summed E-state index contributed by atoms with van der Waals surface area (Å²) in [5.41, 5.74) is 8.65. The average molecular weight is 218 g/mol. The van der Waals surface area contributed by atoms with Crippen LogP contribution in [0.15, 0.2) is 12.3 Å². The first-order valence-electron chi connectivity index (χ1n) is 5.74. The third-order valence-electron chi connectivity index (χ3n) is 2.92. The lowest BCUT2D eigenvalue weighted by molar-refractivity contribution is 0.508. The Morgan fingerprint density at radius 1 is 1.50 bits per heavy atom. The van der Waals surface area contributed by atoms with E-state index in [0.29, 0.717) is 12.5 Å². The number of fused-ring (bicyclic) bond motifs is 1. The molecule has 2 aromatic heterocycles. The van der Waals surface area contributed by atoms with Crippen LogP contribution in [0.5, 0.6) is 0 Å². The molecule has 2 heterocycles. The standard InChI is InChI=1S/C12H18N4/c1-3-9(6-13)5-11-15-10-4-8(2)7-14-12(10)16-11/h4,7,9H,3,5-6,13H2,1-2H3,(H,14,15,16). The number of H-pyrrole nitrogens is 1. The zero-order valence-corrected chi connectivity index (χ0v) is 9.83. The molecule has 4 heteroatoms. The minimum absolute atomic E-state index is 0.502. The van der Waals surface area contributed by atoms with Gasteiger partial charge in [0.1, 0.15) is 5.82 Å². The van der Waals surface area contributed by atoms with E-state index in [-0.39, 0.29) is 0 Å². The lowest BCUT2D eigenvalue weighted by Crippen LogP contribution is -2.16. The van der Waals surface area contributed by atoms with Crippen LogP contribution in [0.1, 0.15) is 24.7 Å². The van der Waals surface area contributed by atoms with Crippen LogP contribution in [0.2, 0.25) is 0 Å². The number of imidazole rings is 1. The maximum absolute atomic E-state index is 5.69. The molecule has 0 radical (unpaired) electrons. The quantitative estimate of drug-likeness (QED) is 0.822. The van der Waals surface area contributed by atoms with Crippen molar-refractivity contribution in [3.05, 3.63) is 23.7 Å². The first-order valence-corrected chi connectivity index (χ1v) is 5.74. The maximum Gasteiger partial charge on any atom is 0.177 e. The van der Waals surface area contributed by atoms with Gasteiger partial charge in [0.2, 0.25) is 0 Å². The maximum atomic E-state index is 5.69. The number of nitrogens with zero attached hydrogens (tertiary/aromatic N) is 2. The Balaban J connectivity index is 2.25. The van der Waals surface area contributed by atoms with Crippen molar-refractivity contribution in [3.8, 4) is 0 Å². The van der Waals surface area contributed by atoms with E-state index in [1.54, 1.807) is 0 Å². The van der Waals surface area contributed by atoms with Gasteiger partial charge in [0.05, 0.1) is 5.52 Å². The van der Waals surface area contributed by atoms with Crippen LogP contribution in [-0.2, 0) is 6.42 Å². The Labute approximate surface area is 95.3 Å². The zero-order valence-electron chi connectivity index (χ0n) is 9.83. The van der Waals surface area contributed by atoms with Crippen molar-refractivity contribution >= 4 is 11.2 Å². The number of hydrogen-bond donors (Lipinski definition) is 2. The summed E-state index contributed by atoms with van der Waals surface area (Å²) in [6, 6.07) is 2.07. The SMILES string of the molecule is CCC(CN)Cc1nc2ncc(C)cc2[nH]1. The second-order valence-electron chi connectivity index (χ2n) is 4.28. The highest BCUT2D eigenvalue weighted by molar-refractivity contribution is 5.70. The molecule has 3 N–H and O–H groups in total. The molecule has 2 rings (SSSR count). The van der Waals surface area contributed by atoms with Crippen molar-refractivity contribution in [1.82, 2.24) is 15.0 Å². The third-order valence-corrected chi connectivity index (χ3v) is 2.92. The summed E-state index contributed by atoms with van der Waals surface area (Å²) in [6.45, 7) is 4.89. The summed E-state index contributed by atoms with van der Waals surface area (Å²) in [5, 5.41) is 0. The van der Waals surface area contributed by atoms with Crippen molar-refractivity contribution in [2.75, 3.05) is 6.54 Å². The summed E-state index contributed by atoms with van der Waals surface area (Å²) in [5.74, 6) is 1.49. The van der Waals surface area contributed by atoms with Gasteiger partial charge < -0.3 is 10.7 Å². The first kappa shape index (κ1) is 11.1. The van der Waals surface area contributed by atoms with Crippen LogP contribution < -0.4 is 5.73 Å². The number of nitrogens with one attached hydrogen (secondary N) is 1. The molecule has 0 aliphatic heterocycles. The van der Waals surface area contributed by atoms with E-state index < -0.39 is 0 Å². The number of aromatic nitrogens is 3. The molecule has 0 bridgehead atoms. The van der Waals surface area contributed by atoms with Crippen LogP contribution in [0.25, 0.3) is 11.2 Å². The molecule has 2 aromatic rings. The molecule has 0 saturated heterocycles. The van der Waals surface area contributed by atoms with Crippen LogP contribution in [0.3, 0.4) is 0 Å². The number of aryl methyl sites for hydroxylation is 1. The highest BCUT2D eigenvalue weighted by Gasteiger charge is 2.09. The van der Waals surface area contributed by atoms with E-state index in [1.165, 1.54) is 0 Å². The largest absolute Gasteiger partial charge is 0.341 e. The molecule has 16 heavy (non-hydrogen) atoms. The number of aromatic amines is 1. The summed E-state index contributed by atoms with van der Waals surface area (Å²) < 4.78 is 0. The van der Waals surface area contributed by atoms with Gasteiger partial charge in [-0.25, -0.2) is 9.97 Å². The lowest BCUT2D eigenvalue weighted by atomic mass is 10.0. The Hall–Kier alpha value is -1.42. The predicted octanol–water partition coefficient (Wildman–Crippen LogP) is 1.79. The van der Waals surface area contributed by atoms with Crippen LogP contribution in [-0.4, -0.2) is 21.5 Å². The highest BCUT2D eigenvalue weighted by Crippen LogP contribution is 2.14. The highest BCUT2D eigenvalue weighted by atomic mass is 15.0. The van der Waals surface area contributed by atoms with Crippen molar-refractivity contribution in [3.63, 3.8) is 0 Å². The summed E-state index contributed by atoms with van der Waals surface area (Å²) in [6.07, 6.45) is 3.83. The van der Waals surface area contributed by atoms with E-state index in [1.807, 2.05) is 13.1 Å². The monoisotopic (exact) mass is 218 g/mol. The minimum Gasteiger partial charge on any atom is -0.341 e. The number of rotatable bonds is 4.